The van der Waals surface area contributed by atoms with Crippen LogP contribution in [0, 0.1) is 0 Å². The van der Waals surface area contributed by atoms with Crippen molar-refractivity contribution in [2.45, 2.75) is 11.4 Å². The largest absolute Gasteiger partial charge is 0.493 e. The number of nitrogens with zero attached hydrogens (tertiary/aromatic N) is 1. The van der Waals surface area contributed by atoms with Gasteiger partial charge >= 0.3 is 5.97 Å². The maximum Gasteiger partial charge on any atom is 0.340 e. The molecule has 0 saturated heterocycles. The molecule has 3 aromatic carbocycles. The number of rotatable bonds is 10. The Hall–Kier alpha value is -3.02. The van der Waals surface area contributed by atoms with Gasteiger partial charge in [0.2, 0.25) is 15.9 Å². The number of esters is 1. The first-order valence-electron chi connectivity index (χ1n) is 10.8. The van der Waals surface area contributed by atoms with E-state index in [4.69, 9.17) is 49.0 Å². The number of hydrogen-bond donors (Lipinski definition) is 1. The highest BCUT2D eigenvalue weighted by molar-refractivity contribution is 7.89. The normalized spacial score (nSPS) is 11.2. The van der Waals surface area contributed by atoms with E-state index in [1.807, 2.05) is 0 Å². The molecule has 0 saturated carbocycles. The van der Waals surface area contributed by atoms with Gasteiger partial charge in [-0.1, -0.05) is 40.9 Å². The highest BCUT2D eigenvalue weighted by Gasteiger charge is 2.29. The van der Waals surface area contributed by atoms with Gasteiger partial charge in [-0.2, -0.15) is 4.31 Å². The Kier molecular flexibility index (Phi) is 9.86. The quantitative estimate of drug-likeness (QED) is 0.315. The molecular formula is C25H23Cl3N2O7S. The summed E-state index contributed by atoms with van der Waals surface area (Å²) in [6.45, 7) is -0.872. The van der Waals surface area contributed by atoms with E-state index in [9.17, 15) is 18.0 Å². The van der Waals surface area contributed by atoms with Gasteiger partial charge in [0.1, 0.15) is 0 Å². The number of benzene rings is 3. The molecule has 13 heteroatoms. The van der Waals surface area contributed by atoms with Gasteiger partial charge in [-0.3, -0.25) is 4.79 Å². The van der Waals surface area contributed by atoms with Crippen LogP contribution >= 0.6 is 34.8 Å². The van der Waals surface area contributed by atoms with E-state index in [1.54, 1.807) is 12.1 Å². The third-order valence-electron chi connectivity index (χ3n) is 5.34. The number of carbonyl (C=O) groups is 2. The Bertz CT molecular complexity index is 1450. The van der Waals surface area contributed by atoms with E-state index in [0.717, 1.165) is 4.31 Å². The van der Waals surface area contributed by atoms with Crippen LogP contribution in [-0.2, 0) is 26.1 Å². The van der Waals surface area contributed by atoms with Crippen molar-refractivity contribution < 1.29 is 32.2 Å². The molecule has 0 aliphatic rings. The number of ether oxygens (including phenoxy) is 3. The Morgan fingerprint density at radius 1 is 0.868 bits per heavy atom. The van der Waals surface area contributed by atoms with Crippen LogP contribution in [0.4, 0.5) is 5.69 Å². The van der Waals surface area contributed by atoms with Crippen molar-refractivity contribution in [3.8, 4) is 11.5 Å². The molecule has 0 atom stereocenters. The molecule has 0 aromatic heterocycles. The number of anilines is 1. The summed E-state index contributed by atoms with van der Waals surface area (Å²) < 4.78 is 43.3. The third-order valence-corrected chi connectivity index (χ3v) is 7.98. The summed E-state index contributed by atoms with van der Waals surface area (Å²) in [6.07, 6.45) is 0. The Morgan fingerprint density at radius 2 is 1.47 bits per heavy atom. The predicted molar refractivity (Wildman–Crippen MR) is 145 cm³/mol. The van der Waals surface area contributed by atoms with Crippen molar-refractivity contribution in [3.05, 3.63) is 80.8 Å². The summed E-state index contributed by atoms with van der Waals surface area (Å²) in [5.74, 6) is -1.03. The smallest absolute Gasteiger partial charge is 0.340 e. The van der Waals surface area contributed by atoms with E-state index in [1.165, 1.54) is 63.8 Å². The maximum absolute atomic E-state index is 13.5. The van der Waals surface area contributed by atoms with Crippen LogP contribution in [0.15, 0.2) is 59.5 Å². The van der Waals surface area contributed by atoms with Crippen LogP contribution in [0.25, 0.3) is 0 Å². The molecule has 3 aromatic rings. The second kappa shape index (κ2) is 12.7. The van der Waals surface area contributed by atoms with Crippen LogP contribution in [0.1, 0.15) is 15.9 Å². The van der Waals surface area contributed by atoms with E-state index in [2.05, 4.69) is 5.32 Å². The average Bonchev–Trinajstić information content (AvgIpc) is 2.89. The predicted octanol–water partition coefficient (Wildman–Crippen LogP) is 5.28. The molecule has 0 aliphatic heterocycles. The lowest BCUT2D eigenvalue weighted by Gasteiger charge is -2.23. The molecule has 0 radical (unpaired) electrons. The molecule has 1 amide bonds. The highest BCUT2D eigenvalue weighted by atomic mass is 35.5. The second-order valence-corrected chi connectivity index (χ2v) is 11.0. The fourth-order valence-corrected chi connectivity index (χ4v) is 5.40. The minimum atomic E-state index is -4.20. The molecule has 1 N–H and O–H groups in total. The number of hydrogen-bond acceptors (Lipinski definition) is 7. The number of halogens is 3. The fraction of sp³-hybridized carbons (Fsp3) is 0.200. The van der Waals surface area contributed by atoms with E-state index in [-0.39, 0.29) is 39.2 Å². The molecule has 3 rings (SSSR count). The van der Waals surface area contributed by atoms with E-state index in [0.29, 0.717) is 15.6 Å². The van der Waals surface area contributed by atoms with Gasteiger partial charge in [-0.25, -0.2) is 13.2 Å². The zero-order valence-corrected chi connectivity index (χ0v) is 23.5. The van der Waals surface area contributed by atoms with Crippen molar-refractivity contribution in [2.75, 3.05) is 33.2 Å². The SMILES string of the molecule is COC(=O)c1cc(OC)c(OC)cc1NC(=O)CN(Cc1ccc(Cl)cc1Cl)S(=O)(=O)c1ccc(Cl)cc1. The minimum Gasteiger partial charge on any atom is -0.493 e. The van der Waals surface area contributed by atoms with Gasteiger partial charge in [-0.05, 0) is 42.0 Å². The van der Waals surface area contributed by atoms with E-state index >= 15 is 0 Å². The Labute approximate surface area is 235 Å². The maximum atomic E-state index is 13.5. The van der Waals surface area contributed by atoms with Gasteiger partial charge in [-0.15, -0.1) is 0 Å². The zero-order valence-electron chi connectivity index (χ0n) is 20.5. The van der Waals surface area contributed by atoms with Gasteiger partial charge < -0.3 is 19.5 Å². The molecular weight excluding hydrogens is 579 g/mol. The minimum absolute atomic E-state index is 0.0219. The van der Waals surface area contributed by atoms with E-state index < -0.39 is 28.4 Å². The van der Waals surface area contributed by atoms with Gasteiger partial charge in [0.05, 0.1) is 44.0 Å². The molecule has 202 valence electrons. The summed E-state index contributed by atoms with van der Waals surface area (Å²) in [7, 11) is -0.244. The number of methoxy groups -OCH3 is 3. The molecule has 0 bridgehead atoms. The zero-order chi connectivity index (χ0) is 28.0. The van der Waals surface area contributed by atoms with Gasteiger partial charge in [0.25, 0.3) is 0 Å². The monoisotopic (exact) mass is 600 g/mol. The third kappa shape index (κ3) is 6.89. The van der Waals surface area contributed by atoms with Crippen molar-refractivity contribution in [1.82, 2.24) is 4.31 Å². The van der Waals surface area contributed by atoms with Gasteiger partial charge in [0.15, 0.2) is 11.5 Å². The topological polar surface area (TPSA) is 111 Å². The van der Waals surface area contributed by atoms with Gasteiger partial charge in [0, 0.05) is 33.7 Å². The summed E-state index contributed by atoms with van der Waals surface area (Å²) in [5, 5.41) is 3.51. The highest BCUT2D eigenvalue weighted by Crippen LogP contribution is 2.34. The standard InChI is InChI=1S/C25H23Cl3N2O7S/c1-35-22-11-19(25(32)37-3)21(12-23(22)36-2)29-24(31)14-30(13-15-4-5-17(27)10-20(15)28)38(33,34)18-8-6-16(26)7-9-18/h4-12H,13-14H2,1-3H3,(H,29,31). The lowest BCUT2D eigenvalue weighted by atomic mass is 10.1. The van der Waals surface area contributed by atoms with Crippen molar-refractivity contribution in [3.63, 3.8) is 0 Å². The first kappa shape index (κ1) is 29.5. The Morgan fingerprint density at radius 3 is 2.05 bits per heavy atom. The average molecular weight is 602 g/mol. The molecule has 0 fully saturated rings. The number of carbonyl (C=O) groups excluding carboxylic acids is 2. The second-order valence-electron chi connectivity index (χ2n) is 7.76. The summed E-state index contributed by atoms with van der Waals surface area (Å²) >= 11 is 18.2. The summed E-state index contributed by atoms with van der Waals surface area (Å²) in [5.41, 5.74) is 0.432. The van der Waals surface area contributed by atoms with Crippen LogP contribution in [-0.4, -0.2) is 52.5 Å². The van der Waals surface area contributed by atoms with Crippen LogP contribution in [0.2, 0.25) is 15.1 Å². The van der Waals surface area contributed by atoms with Crippen LogP contribution in [0.5, 0.6) is 11.5 Å². The van der Waals surface area contributed by atoms with Crippen LogP contribution < -0.4 is 14.8 Å². The molecule has 0 heterocycles. The molecule has 9 nitrogen and oxygen atoms in total. The fourth-order valence-electron chi connectivity index (χ4n) is 3.43. The Balaban J connectivity index is 1.99. The first-order chi connectivity index (χ1) is 18.0. The molecule has 0 unspecified atom stereocenters. The molecule has 0 aliphatic carbocycles. The van der Waals surface area contributed by atoms with Crippen molar-refractivity contribution in [1.29, 1.82) is 0 Å². The van der Waals surface area contributed by atoms with Crippen molar-refractivity contribution >= 4 is 62.4 Å². The first-order valence-corrected chi connectivity index (χ1v) is 13.4. The van der Waals surface area contributed by atoms with Crippen LogP contribution in [0.3, 0.4) is 0 Å². The van der Waals surface area contributed by atoms with Crippen molar-refractivity contribution in [2.24, 2.45) is 0 Å². The molecule has 38 heavy (non-hydrogen) atoms. The lowest BCUT2D eigenvalue weighted by molar-refractivity contribution is -0.116. The lowest BCUT2D eigenvalue weighted by Crippen LogP contribution is -2.37. The number of sulfonamides is 1. The summed E-state index contributed by atoms with van der Waals surface area (Å²) in [4.78, 5) is 25.5. The number of nitrogens with one attached hydrogen (secondary N) is 1. The summed E-state index contributed by atoms with van der Waals surface area (Å²) in [6, 6.07) is 12.8. The number of amides is 1. The molecule has 0 spiro atoms.